The molecule has 27 heavy (non-hydrogen) atoms. The van der Waals surface area contributed by atoms with Gasteiger partial charge >= 0.3 is 0 Å². The maximum Gasteiger partial charge on any atom is 0.168 e. The van der Waals surface area contributed by atoms with Gasteiger partial charge in [-0.15, -0.1) is 10.2 Å². The SMILES string of the molecule is CCCCOc1ccc(-c2nncn2-c2ccc(OCCCC)cc2)cc1. The van der Waals surface area contributed by atoms with Crippen molar-refractivity contribution in [1.82, 2.24) is 14.8 Å². The molecule has 2 aromatic carbocycles. The highest BCUT2D eigenvalue weighted by molar-refractivity contribution is 5.59. The Morgan fingerprint density at radius 3 is 1.89 bits per heavy atom. The quantitative estimate of drug-likeness (QED) is 0.458. The molecule has 1 heterocycles. The molecule has 0 bridgehead atoms. The van der Waals surface area contributed by atoms with Crippen LogP contribution >= 0.6 is 0 Å². The molecule has 1 aromatic heterocycles. The van der Waals surface area contributed by atoms with Crippen LogP contribution in [0.4, 0.5) is 0 Å². The Bertz CT molecular complexity index is 742. The van der Waals surface area contributed by atoms with Crippen molar-refractivity contribution in [1.29, 1.82) is 0 Å². The molecule has 0 saturated carbocycles. The van der Waals surface area contributed by atoms with E-state index in [-0.39, 0.29) is 0 Å². The molecule has 3 rings (SSSR count). The summed E-state index contributed by atoms with van der Waals surface area (Å²) in [5.74, 6) is 2.57. The fraction of sp³-hybridized carbons (Fsp3) is 0.364. The predicted octanol–water partition coefficient (Wildman–Crippen LogP) is 5.29. The summed E-state index contributed by atoms with van der Waals surface area (Å²) >= 11 is 0. The van der Waals surface area contributed by atoms with Crippen LogP contribution in [0.5, 0.6) is 11.5 Å². The van der Waals surface area contributed by atoms with Gasteiger partial charge in [0.15, 0.2) is 5.82 Å². The Kier molecular flexibility index (Phi) is 6.85. The molecule has 0 fully saturated rings. The van der Waals surface area contributed by atoms with Gasteiger partial charge in [-0.25, -0.2) is 0 Å². The van der Waals surface area contributed by atoms with Gasteiger partial charge in [0.1, 0.15) is 17.8 Å². The average molecular weight is 365 g/mol. The molecule has 0 aliphatic carbocycles. The van der Waals surface area contributed by atoms with Crippen molar-refractivity contribution >= 4 is 0 Å². The smallest absolute Gasteiger partial charge is 0.168 e. The molecule has 0 atom stereocenters. The van der Waals surface area contributed by atoms with Gasteiger partial charge in [-0.3, -0.25) is 4.57 Å². The van der Waals surface area contributed by atoms with Crippen LogP contribution in [0.25, 0.3) is 17.1 Å². The molecule has 0 N–H and O–H groups in total. The second kappa shape index (κ2) is 9.76. The number of hydrogen-bond acceptors (Lipinski definition) is 4. The zero-order valence-electron chi connectivity index (χ0n) is 16.1. The molecule has 5 nitrogen and oxygen atoms in total. The second-order valence-corrected chi connectivity index (χ2v) is 6.45. The van der Waals surface area contributed by atoms with E-state index in [2.05, 4.69) is 24.0 Å². The van der Waals surface area contributed by atoms with Crippen LogP contribution in [0.2, 0.25) is 0 Å². The molecule has 0 radical (unpaired) electrons. The highest BCUT2D eigenvalue weighted by Gasteiger charge is 2.09. The van der Waals surface area contributed by atoms with E-state index < -0.39 is 0 Å². The minimum atomic E-state index is 0.749. The van der Waals surface area contributed by atoms with Crippen molar-refractivity contribution in [3.8, 4) is 28.6 Å². The fourth-order valence-corrected chi connectivity index (χ4v) is 2.69. The zero-order valence-corrected chi connectivity index (χ0v) is 16.1. The Labute approximate surface area is 161 Å². The summed E-state index contributed by atoms with van der Waals surface area (Å²) in [5.41, 5.74) is 2.00. The molecule has 3 aromatic rings. The van der Waals surface area contributed by atoms with Gasteiger partial charge in [-0.1, -0.05) is 26.7 Å². The van der Waals surface area contributed by atoms with Crippen LogP contribution in [0.15, 0.2) is 54.9 Å². The molecular weight excluding hydrogens is 338 g/mol. The van der Waals surface area contributed by atoms with Crippen molar-refractivity contribution in [2.75, 3.05) is 13.2 Å². The highest BCUT2D eigenvalue weighted by atomic mass is 16.5. The summed E-state index contributed by atoms with van der Waals surface area (Å²) in [5, 5.41) is 8.38. The lowest BCUT2D eigenvalue weighted by molar-refractivity contribution is 0.309. The first-order valence-corrected chi connectivity index (χ1v) is 9.68. The molecule has 142 valence electrons. The highest BCUT2D eigenvalue weighted by Crippen LogP contribution is 2.24. The molecule has 0 saturated heterocycles. The summed E-state index contributed by atoms with van der Waals surface area (Å²) in [7, 11) is 0. The third kappa shape index (κ3) is 5.09. The number of rotatable bonds is 10. The van der Waals surface area contributed by atoms with E-state index in [1.807, 2.05) is 53.1 Å². The van der Waals surface area contributed by atoms with Crippen LogP contribution in [0.1, 0.15) is 39.5 Å². The van der Waals surface area contributed by atoms with Gasteiger partial charge in [-0.2, -0.15) is 0 Å². The minimum absolute atomic E-state index is 0.749. The predicted molar refractivity (Wildman–Crippen MR) is 108 cm³/mol. The summed E-state index contributed by atoms with van der Waals surface area (Å²) in [6.45, 7) is 5.81. The van der Waals surface area contributed by atoms with Crippen LogP contribution in [0.3, 0.4) is 0 Å². The average Bonchev–Trinajstić information content (AvgIpc) is 3.19. The molecule has 0 spiro atoms. The maximum atomic E-state index is 5.73. The van der Waals surface area contributed by atoms with Gasteiger partial charge in [0, 0.05) is 11.3 Å². The van der Waals surface area contributed by atoms with E-state index in [0.717, 1.165) is 67.5 Å². The van der Waals surface area contributed by atoms with E-state index >= 15 is 0 Å². The van der Waals surface area contributed by atoms with Crippen LogP contribution in [-0.4, -0.2) is 28.0 Å². The number of nitrogens with zero attached hydrogens (tertiary/aromatic N) is 3. The Morgan fingerprint density at radius 1 is 0.778 bits per heavy atom. The third-order valence-electron chi connectivity index (χ3n) is 4.31. The lowest BCUT2D eigenvalue weighted by Gasteiger charge is -2.10. The third-order valence-corrected chi connectivity index (χ3v) is 4.31. The monoisotopic (exact) mass is 365 g/mol. The molecule has 0 amide bonds. The first-order chi connectivity index (χ1) is 13.3. The molecular formula is C22H27N3O2. The Balaban J connectivity index is 1.72. The van der Waals surface area contributed by atoms with Crippen molar-refractivity contribution in [3.05, 3.63) is 54.9 Å². The molecule has 0 unspecified atom stereocenters. The number of hydrogen-bond donors (Lipinski definition) is 0. The van der Waals surface area contributed by atoms with E-state index in [4.69, 9.17) is 9.47 Å². The van der Waals surface area contributed by atoms with Crippen molar-refractivity contribution < 1.29 is 9.47 Å². The number of ether oxygens (including phenoxy) is 2. The fourth-order valence-electron chi connectivity index (χ4n) is 2.69. The number of aromatic nitrogens is 3. The number of benzene rings is 2. The summed E-state index contributed by atoms with van der Waals surface area (Å²) < 4.78 is 13.4. The summed E-state index contributed by atoms with van der Waals surface area (Å²) in [4.78, 5) is 0. The maximum absolute atomic E-state index is 5.73. The summed E-state index contributed by atoms with van der Waals surface area (Å²) in [6.07, 6.45) is 6.12. The first-order valence-electron chi connectivity index (χ1n) is 9.68. The van der Waals surface area contributed by atoms with Crippen molar-refractivity contribution in [3.63, 3.8) is 0 Å². The lowest BCUT2D eigenvalue weighted by atomic mass is 10.2. The van der Waals surface area contributed by atoms with E-state index in [1.54, 1.807) is 6.33 Å². The van der Waals surface area contributed by atoms with Gasteiger partial charge in [0.05, 0.1) is 13.2 Å². The topological polar surface area (TPSA) is 49.2 Å². The Hall–Kier alpha value is -2.82. The number of unbranched alkanes of at least 4 members (excludes halogenated alkanes) is 2. The lowest BCUT2D eigenvalue weighted by Crippen LogP contribution is -1.99. The summed E-state index contributed by atoms with van der Waals surface area (Å²) in [6, 6.07) is 16.0. The van der Waals surface area contributed by atoms with Crippen molar-refractivity contribution in [2.24, 2.45) is 0 Å². The van der Waals surface area contributed by atoms with Gasteiger partial charge in [-0.05, 0) is 61.4 Å². The normalized spacial score (nSPS) is 10.7. The Morgan fingerprint density at radius 2 is 1.33 bits per heavy atom. The first kappa shape index (κ1) is 19.0. The largest absolute Gasteiger partial charge is 0.494 e. The zero-order chi connectivity index (χ0) is 18.9. The van der Waals surface area contributed by atoms with E-state index in [0.29, 0.717) is 0 Å². The van der Waals surface area contributed by atoms with Crippen LogP contribution in [-0.2, 0) is 0 Å². The second-order valence-electron chi connectivity index (χ2n) is 6.45. The molecule has 0 aliphatic heterocycles. The van der Waals surface area contributed by atoms with E-state index in [1.165, 1.54) is 0 Å². The standard InChI is InChI=1S/C22H27N3O2/c1-3-5-15-26-20-11-7-18(8-12-20)22-24-23-17-25(22)19-9-13-21(14-10-19)27-16-6-4-2/h7-14,17H,3-6,15-16H2,1-2H3. The van der Waals surface area contributed by atoms with Crippen LogP contribution in [0, 0.1) is 0 Å². The molecule has 0 aliphatic rings. The molecule has 5 heteroatoms. The van der Waals surface area contributed by atoms with E-state index in [9.17, 15) is 0 Å². The van der Waals surface area contributed by atoms with Gasteiger partial charge in [0.2, 0.25) is 0 Å². The van der Waals surface area contributed by atoms with Crippen molar-refractivity contribution in [2.45, 2.75) is 39.5 Å². The van der Waals surface area contributed by atoms with Crippen LogP contribution < -0.4 is 9.47 Å². The van der Waals surface area contributed by atoms with Gasteiger partial charge in [0.25, 0.3) is 0 Å². The minimum Gasteiger partial charge on any atom is -0.494 e. The van der Waals surface area contributed by atoms with Gasteiger partial charge < -0.3 is 9.47 Å².